The van der Waals surface area contributed by atoms with Gasteiger partial charge in [0.25, 0.3) is 5.91 Å². The second kappa shape index (κ2) is 9.88. The average Bonchev–Trinajstić information content (AvgIpc) is 2.78. The lowest BCUT2D eigenvalue weighted by molar-refractivity contribution is -0.137. The molecule has 0 bridgehead atoms. The molecule has 0 aliphatic carbocycles. The van der Waals surface area contributed by atoms with Crippen LogP contribution in [0.3, 0.4) is 0 Å². The fourth-order valence-electron chi connectivity index (χ4n) is 3.19. The summed E-state index contributed by atoms with van der Waals surface area (Å²) in [5, 5.41) is 8.81. The van der Waals surface area contributed by atoms with Gasteiger partial charge in [-0.25, -0.2) is 0 Å². The Balaban J connectivity index is 1.47. The van der Waals surface area contributed by atoms with Crippen molar-refractivity contribution < 1.29 is 22.8 Å². The first kappa shape index (κ1) is 22.7. The van der Waals surface area contributed by atoms with Crippen LogP contribution in [0, 0.1) is 11.3 Å². The van der Waals surface area contributed by atoms with Gasteiger partial charge < -0.3 is 9.80 Å². The average molecular weight is 447 g/mol. The first-order chi connectivity index (χ1) is 14.8. The third kappa shape index (κ3) is 6.01. The SMILES string of the molecule is N#Cc1ccc(CSCC(=O)N2CCN(C(=O)c3cccc(C(F)(F)F)c3)CC2)cc1. The summed E-state index contributed by atoms with van der Waals surface area (Å²) in [5.41, 5.74) is 0.745. The summed E-state index contributed by atoms with van der Waals surface area (Å²) in [4.78, 5) is 28.1. The number of hydrogen-bond donors (Lipinski definition) is 0. The monoisotopic (exact) mass is 447 g/mol. The van der Waals surface area contributed by atoms with E-state index in [0.29, 0.717) is 30.2 Å². The van der Waals surface area contributed by atoms with Crippen molar-refractivity contribution in [2.75, 3.05) is 31.9 Å². The van der Waals surface area contributed by atoms with Crippen molar-refractivity contribution in [3.8, 4) is 6.07 Å². The molecule has 0 aromatic heterocycles. The number of amides is 2. The van der Waals surface area contributed by atoms with Crippen LogP contribution in [-0.2, 0) is 16.7 Å². The highest BCUT2D eigenvalue weighted by Crippen LogP contribution is 2.29. The molecule has 0 atom stereocenters. The van der Waals surface area contributed by atoms with Crippen LogP contribution in [-0.4, -0.2) is 53.5 Å². The summed E-state index contributed by atoms with van der Waals surface area (Å²) in [5.74, 6) is 0.436. The third-order valence-corrected chi connectivity index (χ3v) is 5.92. The van der Waals surface area contributed by atoms with Crippen molar-refractivity contribution in [3.63, 3.8) is 0 Å². The van der Waals surface area contributed by atoms with Crippen LogP contribution in [0.1, 0.15) is 27.0 Å². The van der Waals surface area contributed by atoms with Gasteiger partial charge in [-0.1, -0.05) is 18.2 Å². The highest BCUT2D eigenvalue weighted by atomic mass is 32.2. The maximum Gasteiger partial charge on any atom is 0.416 e. The Morgan fingerprint density at radius 3 is 2.26 bits per heavy atom. The van der Waals surface area contributed by atoms with Gasteiger partial charge in [0.1, 0.15) is 0 Å². The summed E-state index contributed by atoms with van der Waals surface area (Å²) in [6, 6.07) is 13.6. The van der Waals surface area contributed by atoms with Crippen molar-refractivity contribution >= 4 is 23.6 Å². The van der Waals surface area contributed by atoms with Crippen molar-refractivity contribution in [1.82, 2.24) is 9.80 Å². The van der Waals surface area contributed by atoms with Gasteiger partial charge in [0.15, 0.2) is 0 Å². The zero-order valence-electron chi connectivity index (χ0n) is 16.6. The van der Waals surface area contributed by atoms with Crippen LogP contribution in [0.2, 0.25) is 0 Å². The Morgan fingerprint density at radius 2 is 1.65 bits per heavy atom. The minimum Gasteiger partial charge on any atom is -0.338 e. The van der Waals surface area contributed by atoms with E-state index < -0.39 is 17.6 Å². The van der Waals surface area contributed by atoms with Gasteiger partial charge in [-0.3, -0.25) is 9.59 Å². The molecule has 1 aliphatic rings. The molecular formula is C22H20F3N3O2S. The summed E-state index contributed by atoms with van der Waals surface area (Å²) >= 11 is 1.47. The maximum atomic E-state index is 12.9. The first-order valence-corrected chi connectivity index (χ1v) is 10.7. The number of carbonyl (C=O) groups is 2. The molecule has 1 heterocycles. The predicted octanol–water partition coefficient (Wildman–Crippen LogP) is 3.79. The topological polar surface area (TPSA) is 64.4 Å². The molecular weight excluding hydrogens is 427 g/mol. The van der Waals surface area contributed by atoms with Crippen LogP contribution < -0.4 is 0 Å². The Bertz CT molecular complexity index is 979. The van der Waals surface area contributed by atoms with Crippen LogP contribution in [0.4, 0.5) is 13.2 Å². The van der Waals surface area contributed by atoms with E-state index in [-0.39, 0.29) is 24.6 Å². The van der Waals surface area contributed by atoms with Crippen LogP contribution in [0.25, 0.3) is 0 Å². The molecule has 0 saturated carbocycles. The second-order valence-corrected chi connectivity index (χ2v) is 8.04. The van der Waals surface area contributed by atoms with E-state index in [1.807, 2.05) is 12.1 Å². The van der Waals surface area contributed by atoms with E-state index in [0.717, 1.165) is 17.7 Å². The lowest BCUT2D eigenvalue weighted by Gasteiger charge is -2.35. The van der Waals surface area contributed by atoms with Crippen LogP contribution in [0.5, 0.6) is 0 Å². The van der Waals surface area contributed by atoms with Gasteiger partial charge in [0, 0.05) is 37.5 Å². The number of alkyl halides is 3. The molecule has 0 radical (unpaired) electrons. The molecule has 2 amide bonds. The van der Waals surface area contributed by atoms with Gasteiger partial charge >= 0.3 is 6.18 Å². The van der Waals surface area contributed by atoms with E-state index >= 15 is 0 Å². The Hall–Kier alpha value is -2.99. The van der Waals surface area contributed by atoms with Gasteiger partial charge in [-0.2, -0.15) is 18.4 Å². The van der Waals surface area contributed by atoms with E-state index in [9.17, 15) is 22.8 Å². The largest absolute Gasteiger partial charge is 0.416 e. The number of piperazine rings is 1. The lowest BCUT2D eigenvalue weighted by atomic mass is 10.1. The van der Waals surface area contributed by atoms with Crippen LogP contribution in [0.15, 0.2) is 48.5 Å². The number of nitriles is 1. The molecule has 1 saturated heterocycles. The number of halogens is 3. The smallest absolute Gasteiger partial charge is 0.338 e. The Labute approximate surface area is 182 Å². The molecule has 0 N–H and O–H groups in total. The highest BCUT2D eigenvalue weighted by molar-refractivity contribution is 7.99. The molecule has 2 aromatic carbocycles. The molecule has 1 fully saturated rings. The van der Waals surface area contributed by atoms with Crippen molar-refractivity contribution in [3.05, 3.63) is 70.8 Å². The van der Waals surface area contributed by atoms with E-state index in [4.69, 9.17) is 5.26 Å². The number of thioether (sulfide) groups is 1. The quantitative estimate of drug-likeness (QED) is 0.700. The van der Waals surface area contributed by atoms with E-state index in [1.165, 1.54) is 28.8 Å². The molecule has 2 aromatic rings. The summed E-state index contributed by atoms with van der Waals surface area (Å²) in [7, 11) is 0. The lowest BCUT2D eigenvalue weighted by Crippen LogP contribution is -2.51. The normalized spacial score (nSPS) is 14.3. The van der Waals surface area contributed by atoms with Gasteiger partial charge in [-0.05, 0) is 35.9 Å². The zero-order chi connectivity index (χ0) is 22.4. The minimum absolute atomic E-state index is 0.00688. The van der Waals surface area contributed by atoms with Gasteiger partial charge in [-0.15, -0.1) is 11.8 Å². The molecule has 5 nitrogen and oxygen atoms in total. The highest BCUT2D eigenvalue weighted by Gasteiger charge is 2.32. The minimum atomic E-state index is -4.50. The fraction of sp³-hybridized carbons (Fsp3) is 0.318. The molecule has 0 spiro atoms. The molecule has 3 rings (SSSR count). The van der Waals surface area contributed by atoms with Crippen molar-refractivity contribution in [1.29, 1.82) is 5.26 Å². The summed E-state index contributed by atoms with van der Waals surface area (Å²) in [6.45, 7) is 1.25. The number of carbonyl (C=O) groups excluding carboxylic acids is 2. The molecule has 31 heavy (non-hydrogen) atoms. The van der Waals surface area contributed by atoms with E-state index in [2.05, 4.69) is 6.07 Å². The van der Waals surface area contributed by atoms with Gasteiger partial charge in [0.2, 0.25) is 5.91 Å². The van der Waals surface area contributed by atoms with E-state index in [1.54, 1.807) is 17.0 Å². The number of nitrogens with zero attached hydrogens (tertiary/aromatic N) is 3. The molecule has 0 unspecified atom stereocenters. The number of benzene rings is 2. The Kier molecular flexibility index (Phi) is 7.23. The third-order valence-electron chi connectivity index (χ3n) is 4.93. The zero-order valence-corrected chi connectivity index (χ0v) is 17.4. The number of rotatable bonds is 5. The summed E-state index contributed by atoms with van der Waals surface area (Å²) < 4.78 is 38.6. The van der Waals surface area contributed by atoms with Gasteiger partial charge in [0.05, 0.1) is 22.9 Å². The second-order valence-electron chi connectivity index (χ2n) is 7.05. The standard InChI is InChI=1S/C22H20F3N3O2S/c23-22(24,25)19-3-1-2-18(12-19)21(30)28-10-8-27(9-11-28)20(29)15-31-14-17-6-4-16(13-26)5-7-17/h1-7,12H,8-11,14-15H2. The number of hydrogen-bond acceptors (Lipinski definition) is 4. The molecule has 9 heteroatoms. The Morgan fingerprint density at radius 1 is 1.00 bits per heavy atom. The van der Waals surface area contributed by atoms with Crippen LogP contribution >= 0.6 is 11.8 Å². The van der Waals surface area contributed by atoms with Crippen molar-refractivity contribution in [2.24, 2.45) is 0 Å². The first-order valence-electron chi connectivity index (χ1n) is 9.59. The predicted molar refractivity (Wildman–Crippen MR) is 111 cm³/mol. The fourth-order valence-corrected chi connectivity index (χ4v) is 4.08. The maximum absolute atomic E-state index is 12.9. The summed E-state index contributed by atoms with van der Waals surface area (Å²) in [6.07, 6.45) is -4.50. The molecule has 1 aliphatic heterocycles. The van der Waals surface area contributed by atoms with Crippen molar-refractivity contribution in [2.45, 2.75) is 11.9 Å². The molecule has 162 valence electrons.